The summed E-state index contributed by atoms with van der Waals surface area (Å²) in [7, 11) is 0. The summed E-state index contributed by atoms with van der Waals surface area (Å²) in [4.78, 5) is 2.42. The third kappa shape index (κ3) is 6.54. The summed E-state index contributed by atoms with van der Waals surface area (Å²) in [5, 5.41) is 5.03. The van der Waals surface area contributed by atoms with E-state index in [1.54, 1.807) is 0 Å². The van der Waals surface area contributed by atoms with E-state index < -0.39 is 0 Å². The molecular weight excluding hydrogens is 737 g/mol. The third-order valence-electron chi connectivity index (χ3n) is 12.5. The average molecular weight is 781 g/mol. The molecule has 0 saturated heterocycles. The summed E-state index contributed by atoms with van der Waals surface area (Å²) in [6.07, 6.45) is 9.90. The van der Waals surface area contributed by atoms with Gasteiger partial charge in [-0.2, -0.15) is 0 Å². The van der Waals surface area contributed by atoms with Crippen molar-refractivity contribution < 1.29 is 0 Å². The molecule has 1 unspecified atom stereocenters. The van der Waals surface area contributed by atoms with Crippen LogP contribution in [0.1, 0.15) is 23.5 Å². The van der Waals surface area contributed by atoms with Crippen LogP contribution in [0.3, 0.4) is 0 Å². The molecule has 0 amide bonds. The fraction of sp³-hybridized carbons (Fsp3) is 0.0508. The van der Waals surface area contributed by atoms with Crippen molar-refractivity contribution in [2.45, 2.75) is 19.3 Å². The molecule has 9 aromatic carbocycles. The zero-order chi connectivity index (χ0) is 40.7. The van der Waals surface area contributed by atoms with Crippen LogP contribution in [0, 0.1) is 6.92 Å². The molecule has 0 aliphatic heterocycles. The second kappa shape index (κ2) is 15.5. The second-order valence-corrected chi connectivity index (χ2v) is 16.1. The monoisotopic (exact) mass is 780 g/mol. The smallest absolute Gasteiger partial charge is 0.0547 e. The van der Waals surface area contributed by atoms with Gasteiger partial charge in [-0.1, -0.05) is 182 Å². The SMILES string of the molecule is Cc1ccc(-n2c3ccccc3c3c(-c4cccc(N(c5ccc(-c6ccc(C7C=CC=CC7)cc6)cc5)c5ccccc5-c5ccccc5)c4)cccc32)c2ccccc12. The number of hydrogen-bond acceptors (Lipinski definition) is 1. The van der Waals surface area contributed by atoms with Crippen molar-refractivity contribution in [1.29, 1.82) is 0 Å². The van der Waals surface area contributed by atoms with Crippen molar-refractivity contribution >= 4 is 49.6 Å². The maximum Gasteiger partial charge on any atom is 0.0547 e. The highest BCUT2D eigenvalue weighted by Gasteiger charge is 2.21. The summed E-state index contributed by atoms with van der Waals surface area (Å²) < 4.78 is 2.46. The molecule has 0 saturated carbocycles. The van der Waals surface area contributed by atoms with Gasteiger partial charge in [0.25, 0.3) is 0 Å². The van der Waals surface area contributed by atoms with Gasteiger partial charge in [-0.05, 0) is 106 Å². The van der Waals surface area contributed by atoms with Crippen LogP contribution in [0.2, 0.25) is 0 Å². The minimum atomic E-state index is 0.439. The Bertz CT molecular complexity index is 3280. The molecule has 61 heavy (non-hydrogen) atoms. The van der Waals surface area contributed by atoms with E-state index in [-0.39, 0.29) is 0 Å². The highest BCUT2D eigenvalue weighted by molar-refractivity contribution is 6.16. The molecule has 1 atom stereocenters. The molecule has 1 aliphatic rings. The number of nitrogens with zero attached hydrogens (tertiary/aromatic N) is 2. The Morgan fingerprint density at radius 3 is 1.92 bits per heavy atom. The maximum absolute atomic E-state index is 2.46. The van der Waals surface area contributed by atoms with Crippen LogP contribution in [0.15, 0.2) is 231 Å². The molecule has 1 aromatic heterocycles. The van der Waals surface area contributed by atoms with Crippen LogP contribution < -0.4 is 4.90 Å². The van der Waals surface area contributed by atoms with Gasteiger partial charge in [-0.3, -0.25) is 0 Å². The minimum absolute atomic E-state index is 0.439. The van der Waals surface area contributed by atoms with E-state index in [0.29, 0.717) is 5.92 Å². The predicted octanol–water partition coefficient (Wildman–Crippen LogP) is 16.3. The molecule has 1 heterocycles. The second-order valence-electron chi connectivity index (χ2n) is 16.1. The molecule has 1 aliphatic carbocycles. The number of aryl methyl sites for hydroxylation is 1. The van der Waals surface area contributed by atoms with Gasteiger partial charge in [0.05, 0.1) is 22.4 Å². The lowest BCUT2D eigenvalue weighted by Crippen LogP contribution is -2.11. The summed E-state index contributed by atoms with van der Waals surface area (Å²) >= 11 is 0. The van der Waals surface area contributed by atoms with Crippen molar-refractivity contribution in [3.63, 3.8) is 0 Å². The van der Waals surface area contributed by atoms with Crippen LogP contribution in [0.25, 0.3) is 71.6 Å². The van der Waals surface area contributed by atoms with Crippen LogP contribution in [-0.4, -0.2) is 4.57 Å². The van der Waals surface area contributed by atoms with Crippen molar-refractivity contribution in [3.8, 4) is 39.1 Å². The summed E-state index contributed by atoms with van der Waals surface area (Å²) in [6.45, 7) is 2.20. The first-order valence-electron chi connectivity index (χ1n) is 21.3. The van der Waals surface area contributed by atoms with Gasteiger partial charge in [0.1, 0.15) is 0 Å². The zero-order valence-corrected chi connectivity index (χ0v) is 34.1. The topological polar surface area (TPSA) is 8.17 Å². The van der Waals surface area contributed by atoms with Crippen molar-refractivity contribution in [1.82, 2.24) is 4.57 Å². The van der Waals surface area contributed by atoms with Gasteiger partial charge in [0.15, 0.2) is 0 Å². The van der Waals surface area contributed by atoms with Gasteiger partial charge in [-0.15, -0.1) is 0 Å². The number of rotatable bonds is 8. The Morgan fingerprint density at radius 1 is 0.459 bits per heavy atom. The largest absolute Gasteiger partial charge is 0.310 e. The number of anilines is 3. The Morgan fingerprint density at radius 2 is 1.11 bits per heavy atom. The van der Waals surface area contributed by atoms with Crippen LogP contribution >= 0.6 is 0 Å². The van der Waals surface area contributed by atoms with Crippen molar-refractivity contribution in [2.24, 2.45) is 0 Å². The van der Waals surface area contributed by atoms with E-state index in [1.165, 1.54) is 82.8 Å². The number of para-hydroxylation sites is 2. The molecule has 290 valence electrons. The Kier molecular flexibility index (Phi) is 9.24. The first kappa shape index (κ1) is 36.4. The third-order valence-corrected chi connectivity index (χ3v) is 12.5. The van der Waals surface area contributed by atoms with E-state index >= 15 is 0 Å². The van der Waals surface area contributed by atoms with Gasteiger partial charge in [0.2, 0.25) is 0 Å². The Labute approximate surface area is 357 Å². The number of aromatic nitrogens is 1. The zero-order valence-electron chi connectivity index (χ0n) is 34.1. The molecule has 0 spiro atoms. The summed E-state index contributed by atoms with van der Waals surface area (Å²) in [5.74, 6) is 0.439. The molecule has 2 heteroatoms. The molecule has 0 N–H and O–H groups in total. The fourth-order valence-corrected chi connectivity index (χ4v) is 9.47. The number of hydrogen-bond donors (Lipinski definition) is 0. The molecule has 11 rings (SSSR count). The Balaban J connectivity index is 1.05. The predicted molar refractivity (Wildman–Crippen MR) is 260 cm³/mol. The first-order chi connectivity index (χ1) is 30.2. The molecule has 0 radical (unpaired) electrons. The summed E-state index contributed by atoms with van der Waals surface area (Å²) in [5.41, 5.74) is 16.7. The van der Waals surface area contributed by atoms with Crippen LogP contribution in [0.4, 0.5) is 17.1 Å². The molecule has 10 aromatic rings. The van der Waals surface area contributed by atoms with E-state index in [0.717, 1.165) is 23.5 Å². The standard InChI is InChI=1S/C59H44N2/c1-41-30-39-57(53-24-9-8-22-50(41)53)61-56-28-13-11-25-54(56)59-52(26-15-29-58(59)61)47-20-14-21-49(40-47)60(55-27-12-10-23-51(55)46-18-6-3-7-19-46)48-37-35-45(36-38-48)44-33-31-43(32-34-44)42-16-4-2-5-17-42/h2-16,18-40,42H,17H2,1H3. The quantitative estimate of drug-likeness (QED) is 0.149. The Hall–Kier alpha value is -7.68. The van der Waals surface area contributed by atoms with E-state index in [1.807, 2.05) is 0 Å². The normalized spacial score (nSPS) is 13.6. The van der Waals surface area contributed by atoms with E-state index in [4.69, 9.17) is 0 Å². The lowest BCUT2D eigenvalue weighted by atomic mass is 9.91. The lowest BCUT2D eigenvalue weighted by molar-refractivity contribution is 0.854. The number of fused-ring (bicyclic) bond motifs is 4. The molecule has 2 nitrogen and oxygen atoms in total. The van der Waals surface area contributed by atoms with E-state index in [2.05, 4.69) is 247 Å². The van der Waals surface area contributed by atoms with Gasteiger partial charge < -0.3 is 9.47 Å². The van der Waals surface area contributed by atoms with Crippen molar-refractivity contribution in [2.75, 3.05) is 4.90 Å². The van der Waals surface area contributed by atoms with E-state index in [9.17, 15) is 0 Å². The van der Waals surface area contributed by atoms with Gasteiger partial charge in [0, 0.05) is 39.0 Å². The summed E-state index contributed by atoms with van der Waals surface area (Å²) in [6, 6.07) is 75.7. The van der Waals surface area contributed by atoms with Gasteiger partial charge >= 0.3 is 0 Å². The average Bonchev–Trinajstić information content (AvgIpc) is 3.67. The number of benzene rings is 9. The first-order valence-corrected chi connectivity index (χ1v) is 21.3. The number of allylic oxidation sites excluding steroid dienone is 4. The molecular formula is C59H44N2. The van der Waals surface area contributed by atoms with Crippen molar-refractivity contribution in [3.05, 3.63) is 242 Å². The van der Waals surface area contributed by atoms with Crippen LogP contribution in [-0.2, 0) is 0 Å². The highest BCUT2D eigenvalue weighted by Crippen LogP contribution is 2.45. The minimum Gasteiger partial charge on any atom is -0.310 e. The van der Waals surface area contributed by atoms with Crippen LogP contribution in [0.5, 0.6) is 0 Å². The highest BCUT2D eigenvalue weighted by atomic mass is 15.1. The molecule has 0 bridgehead atoms. The maximum atomic E-state index is 2.46. The fourth-order valence-electron chi connectivity index (χ4n) is 9.47. The van der Waals surface area contributed by atoms with Gasteiger partial charge in [-0.25, -0.2) is 0 Å². The molecule has 0 fully saturated rings. The lowest BCUT2D eigenvalue weighted by Gasteiger charge is -2.28.